The van der Waals surface area contributed by atoms with Gasteiger partial charge in [-0.3, -0.25) is 0 Å². The Morgan fingerprint density at radius 3 is 3.06 bits per heavy atom. The van der Waals surface area contributed by atoms with Gasteiger partial charge in [0.2, 0.25) is 0 Å². The zero-order valence-electron chi connectivity index (χ0n) is 9.33. The molecule has 0 aliphatic carbocycles. The maximum Gasteiger partial charge on any atom is 0.0572 e. The third-order valence-electron chi connectivity index (χ3n) is 2.86. The Bertz CT molecular complexity index is 351. The first-order valence-electron chi connectivity index (χ1n) is 5.43. The molecule has 0 saturated carbocycles. The molecule has 4 heteroatoms. The van der Waals surface area contributed by atoms with Crippen LogP contribution in [0.4, 0.5) is 0 Å². The highest BCUT2D eigenvalue weighted by molar-refractivity contribution is 9.10. The lowest BCUT2D eigenvalue weighted by Crippen LogP contribution is -2.11. The Morgan fingerprint density at radius 2 is 2.44 bits per heavy atom. The molecule has 88 valence electrons. The molecule has 1 unspecified atom stereocenters. The monoisotopic (exact) mass is 285 g/mol. The average molecular weight is 286 g/mol. The van der Waals surface area contributed by atoms with E-state index in [1.54, 1.807) is 7.11 Å². The SMILES string of the molecule is CONCc1ccc(C2CCOC2)c(Br)c1. The summed E-state index contributed by atoms with van der Waals surface area (Å²) in [5.74, 6) is 0.541. The topological polar surface area (TPSA) is 30.5 Å². The molecule has 1 atom stereocenters. The zero-order valence-corrected chi connectivity index (χ0v) is 10.9. The lowest BCUT2D eigenvalue weighted by Gasteiger charge is -2.12. The first-order valence-corrected chi connectivity index (χ1v) is 6.22. The molecule has 1 aliphatic heterocycles. The van der Waals surface area contributed by atoms with E-state index in [-0.39, 0.29) is 0 Å². The molecule has 0 aromatic heterocycles. The van der Waals surface area contributed by atoms with E-state index in [1.807, 2.05) is 0 Å². The summed E-state index contributed by atoms with van der Waals surface area (Å²) in [4.78, 5) is 4.83. The van der Waals surface area contributed by atoms with Crippen LogP contribution in [0.5, 0.6) is 0 Å². The summed E-state index contributed by atoms with van der Waals surface area (Å²) in [5, 5.41) is 0. The number of ether oxygens (including phenoxy) is 1. The number of hydrogen-bond acceptors (Lipinski definition) is 3. The van der Waals surface area contributed by atoms with E-state index >= 15 is 0 Å². The molecule has 1 saturated heterocycles. The van der Waals surface area contributed by atoms with Crippen LogP contribution in [0.3, 0.4) is 0 Å². The molecule has 2 rings (SSSR count). The van der Waals surface area contributed by atoms with Gasteiger partial charge in [-0.25, -0.2) is 0 Å². The van der Waals surface area contributed by atoms with E-state index in [4.69, 9.17) is 9.57 Å². The summed E-state index contributed by atoms with van der Waals surface area (Å²) < 4.78 is 6.57. The third-order valence-corrected chi connectivity index (χ3v) is 3.54. The Morgan fingerprint density at radius 1 is 1.56 bits per heavy atom. The number of hydroxylamine groups is 1. The van der Waals surface area contributed by atoms with Gasteiger partial charge in [0, 0.05) is 23.5 Å². The molecular formula is C12H16BrNO2. The van der Waals surface area contributed by atoms with Crippen molar-refractivity contribution >= 4 is 15.9 Å². The van der Waals surface area contributed by atoms with Crippen molar-refractivity contribution in [2.75, 3.05) is 20.3 Å². The molecule has 1 aliphatic rings. The van der Waals surface area contributed by atoms with Gasteiger partial charge >= 0.3 is 0 Å². The van der Waals surface area contributed by atoms with Crippen molar-refractivity contribution in [2.45, 2.75) is 18.9 Å². The van der Waals surface area contributed by atoms with E-state index in [0.717, 1.165) is 26.2 Å². The van der Waals surface area contributed by atoms with Crippen LogP contribution in [0.15, 0.2) is 22.7 Å². The van der Waals surface area contributed by atoms with Gasteiger partial charge in [0.15, 0.2) is 0 Å². The van der Waals surface area contributed by atoms with Crippen molar-refractivity contribution in [3.63, 3.8) is 0 Å². The normalized spacial score (nSPS) is 20.2. The third kappa shape index (κ3) is 2.83. The molecule has 1 heterocycles. The van der Waals surface area contributed by atoms with Gasteiger partial charge < -0.3 is 9.57 Å². The van der Waals surface area contributed by atoms with E-state index in [1.165, 1.54) is 15.6 Å². The molecule has 0 amide bonds. The minimum Gasteiger partial charge on any atom is -0.381 e. The van der Waals surface area contributed by atoms with Crippen LogP contribution in [-0.2, 0) is 16.1 Å². The van der Waals surface area contributed by atoms with Crippen molar-refractivity contribution in [3.05, 3.63) is 33.8 Å². The summed E-state index contributed by atoms with van der Waals surface area (Å²) in [6, 6.07) is 6.44. The largest absolute Gasteiger partial charge is 0.381 e. The second-order valence-corrected chi connectivity index (χ2v) is 4.80. The lowest BCUT2D eigenvalue weighted by atomic mass is 9.97. The number of halogens is 1. The van der Waals surface area contributed by atoms with Gasteiger partial charge in [-0.15, -0.1) is 0 Å². The predicted octanol–water partition coefficient (Wildman–Crippen LogP) is 2.60. The molecule has 1 aromatic rings. The summed E-state index contributed by atoms with van der Waals surface area (Å²) >= 11 is 3.62. The van der Waals surface area contributed by atoms with E-state index in [2.05, 4.69) is 39.6 Å². The standard InChI is InChI=1S/C12H16BrNO2/c1-15-14-7-9-2-3-11(12(13)6-9)10-4-5-16-8-10/h2-3,6,10,14H,4-5,7-8H2,1H3. The van der Waals surface area contributed by atoms with E-state index in [9.17, 15) is 0 Å². The smallest absolute Gasteiger partial charge is 0.0572 e. The maximum atomic E-state index is 5.41. The van der Waals surface area contributed by atoms with Crippen LogP contribution in [0, 0.1) is 0 Å². The van der Waals surface area contributed by atoms with Gasteiger partial charge in [0.25, 0.3) is 0 Å². The molecular weight excluding hydrogens is 270 g/mol. The first kappa shape index (κ1) is 12.0. The van der Waals surface area contributed by atoms with Crippen LogP contribution in [0.2, 0.25) is 0 Å². The molecule has 1 N–H and O–H groups in total. The molecule has 0 bridgehead atoms. The number of nitrogens with one attached hydrogen (secondary N) is 1. The molecule has 16 heavy (non-hydrogen) atoms. The van der Waals surface area contributed by atoms with E-state index in [0.29, 0.717) is 5.92 Å². The first-order chi connectivity index (χ1) is 7.81. The van der Waals surface area contributed by atoms with Crippen molar-refractivity contribution < 1.29 is 9.57 Å². The Labute approximate surface area is 104 Å². The second-order valence-electron chi connectivity index (χ2n) is 3.94. The predicted molar refractivity (Wildman–Crippen MR) is 66.2 cm³/mol. The Kier molecular flexibility index (Phi) is 4.35. The van der Waals surface area contributed by atoms with Gasteiger partial charge in [0.05, 0.1) is 13.7 Å². The minimum absolute atomic E-state index is 0.541. The Balaban J connectivity index is 2.09. The molecule has 0 radical (unpaired) electrons. The fourth-order valence-electron chi connectivity index (χ4n) is 1.95. The number of hydrogen-bond donors (Lipinski definition) is 1. The van der Waals surface area contributed by atoms with Crippen LogP contribution >= 0.6 is 15.9 Å². The molecule has 0 spiro atoms. The van der Waals surface area contributed by atoms with Crippen molar-refractivity contribution in [1.82, 2.24) is 5.48 Å². The molecule has 1 aromatic carbocycles. The minimum atomic E-state index is 0.541. The fraction of sp³-hybridized carbons (Fsp3) is 0.500. The van der Waals surface area contributed by atoms with Crippen molar-refractivity contribution in [2.24, 2.45) is 0 Å². The number of benzene rings is 1. The highest BCUT2D eigenvalue weighted by Crippen LogP contribution is 2.31. The second kappa shape index (κ2) is 5.77. The van der Waals surface area contributed by atoms with Crippen LogP contribution in [0.25, 0.3) is 0 Å². The van der Waals surface area contributed by atoms with Crippen molar-refractivity contribution in [1.29, 1.82) is 0 Å². The fourth-order valence-corrected chi connectivity index (χ4v) is 2.70. The highest BCUT2D eigenvalue weighted by atomic mass is 79.9. The van der Waals surface area contributed by atoms with Crippen LogP contribution in [0.1, 0.15) is 23.5 Å². The average Bonchev–Trinajstić information content (AvgIpc) is 2.80. The molecule has 3 nitrogen and oxygen atoms in total. The van der Waals surface area contributed by atoms with Crippen LogP contribution < -0.4 is 5.48 Å². The summed E-state index contributed by atoms with van der Waals surface area (Å²) in [5.41, 5.74) is 5.39. The number of rotatable bonds is 4. The Hall–Kier alpha value is -0.420. The summed E-state index contributed by atoms with van der Waals surface area (Å²) in [6.07, 6.45) is 1.12. The highest BCUT2D eigenvalue weighted by Gasteiger charge is 2.19. The van der Waals surface area contributed by atoms with E-state index < -0.39 is 0 Å². The quantitative estimate of drug-likeness (QED) is 0.863. The molecule has 1 fully saturated rings. The van der Waals surface area contributed by atoms with Gasteiger partial charge in [0.1, 0.15) is 0 Å². The zero-order chi connectivity index (χ0) is 11.4. The summed E-state index contributed by atoms with van der Waals surface area (Å²) in [7, 11) is 1.62. The lowest BCUT2D eigenvalue weighted by molar-refractivity contribution is 0.0867. The van der Waals surface area contributed by atoms with Gasteiger partial charge in [-0.1, -0.05) is 28.1 Å². The van der Waals surface area contributed by atoms with Gasteiger partial charge in [-0.05, 0) is 23.6 Å². The van der Waals surface area contributed by atoms with Crippen molar-refractivity contribution in [3.8, 4) is 0 Å². The van der Waals surface area contributed by atoms with Gasteiger partial charge in [-0.2, -0.15) is 5.48 Å². The van der Waals surface area contributed by atoms with Crippen LogP contribution in [-0.4, -0.2) is 20.3 Å². The summed E-state index contributed by atoms with van der Waals surface area (Å²) in [6.45, 7) is 2.44. The maximum absolute atomic E-state index is 5.41.